The molecule has 0 N–H and O–H groups in total. The minimum atomic E-state index is -4.12. The summed E-state index contributed by atoms with van der Waals surface area (Å²) in [4.78, 5) is 14.9. The first-order chi connectivity index (χ1) is 16.3. The number of hydrogen-bond acceptors (Lipinski definition) is 6. The number of amides is 1. The van der Waals surface area contributed by atoms with Crippen molar-refractivity contribution in [3.05, 3.63) is 82.9 Å². The van der Waals surface area contributed by atoms with Crippen molar-refractivity contribution in [2.45, 2.75) is 30.3 Å². The topological polar surface area (TPSA) is 82.1 Å². The third-order valence-corrected chi connectivity index (χ3v) is 7.06. The predicted octanol–water partition coefficient (Wildman–Crippen LogP) is 4.93. The molecule has 3 aromatic carbocycles. The smallest absolute Gasteiger partial charge is 0.339 e. The van der Waals surface area contributed by atoms with E-state index >= 15 is 0 Å². The minimum Gasteiger partial charge on any atom is -0.497 e. The van der Waals surface area contributed by atoms with Crippen molar-refractivity contribution in [2.24, 2.45) is 0 Å². The van der Waals surface area contributed by atoms with Gasteiger partial charge in [0.25, 0.3) is 5.91 Å². The highest BCUT2D eigenvalue weighted by Crippen LogP contribution is 2.35. The summed E-state index contributed by atoms with van der Waals surface area (Å²) in [6.45, 7) is 0.275. The molecule has 34 heavy (non-hydrogen) atoms. The second-order valence-corrected chi connectivity index (χ2v) is 9.80. The zero-order chi connectivity index (χ0) is 24.3. The molecule has 9 heteroatoms. The SMILES string of the molecule is COc1ccc(S(=O)(=O)Oc2cc(CN(C(=O)c3ccccc3Cl)C3CC3)ccc2OC)cc1. The van der Waals surface area contributed by atoms with Crippen molar-refractivity contribution in [1.29, 1.82) is 0 Å². The Bertz CT molecular complexity index is 1290. The molecule has 1 aliphatic carbocycles. The van der Waals surface area contributed by atoms with Crippen LogP contribution in [0.4, 0.5) is 0 Å². The fourth-order valence-electron chi connectivity index (χ4n) is 3.53. The molecule has 0 aliphatic heterocycles. The van der Waals surface area contributed by atoms with Gasteiger partial charge in [0.1, 0.15) is 10.6 Å². The lowest BCUT2D eigenvalue weighted by atomic mass is 10.1. The van der Waals surface area contributed by atoms with Gasteiger partial charge in [0, 0.05) is 12.6 Å². The first kappa shape index (κ1) is 23.9. The minimum absolute atomic E-state index is 0.0192. The fourth-order valence-corrected chi connectivity index (χ4v) is 4.68. The quantitative estimate of drug-likeness (QED) is 0.387. The van der Waals surface area contributed by atoms with E-state index in [1.807, 2.05) is 0 Å². The summed E-state index contributed by atoms with van der Waals surface area (Å²) in [5.74, 6) is 0.659. The van der Waals surface area contributed by atoms with Crippen molar-refractivity contribution in [3.63, 3.8) is 0 Å². The highest BCUT2D eigenvalue weighted by atomic mass is 35.5. The molecule has 0 atom stereocenters. The number of hydrogen-bond donors (Lipinski definition) is 0. The monoisotopic (exact) mass is 501 g/mol. The Morgan fingerprint density at radius 2 is 1.68 bits per heavy atom. The summed E-state index contributed by atoms with van der Waals surface area (Å²) in [5, 5.41) is 0.391. The first-order valence-electron chi connectivity index (χ1n) is 10.6. The summed E-state index contributed by atoms with van der Waals surface area (Å²) < 4.78 is 41.5. The molecule has 0 unspecified atom stereocenters. The number of ether oxygens (including phenoxy) is 2. The lowest BCUT2D eigenvalue weighted by Crippen LogP contribution is -2.32. The van der Waals surface area contributed by atoms with E-state index in [1.54, 1.807) is 47.4 Å². The molecule has 0 aromatic heterocycles. The fraction of sp³-hybridized carbons (Fsp3) is 0.240. The number of methoxy groups -OCH3 is 2. The van der Waals surface area contributed by atoms with Crippen LogP contribution in [0, 0.1) is 0 Å². The van der Waals surface area contributed by atoms with Gasteiger partial charge in [0.15, 0.2) is 11.5 Å². The summed E-state index contributed by atoms with van der Waals surface area (Å²) in [5.41, 5.74) is 1.14. The van der Waals surface area contributed by atoms with Crippen LogP contribution in [0.1, 0.15) is 28.8 Å². The van der Waals surface area contributed by atoms with Crippen LogP contribution in [0.25, 0.3) is 0 Å². The molecule has 1 amide bonds. The molecular weight excluding hydrogens is 478 g/mol. The van der Waals surface area contributed by atoms with E-state index in [2.05, 4.69) is 0 Å². The normalized spacial score (nSPS) is 13.3. The van der Waals surface area contributed by atoms with Crippen LogP contribution in [0.5, 0.6) is 17.2 Å². The molecule has 178 valence electrons. The number of nitrogens with zero attached hydrogens (tertiary/aromatic N) is 1. The zero-order valence-corrected chi connectivity index (χ0v) is 20.3. The van der Waals surface area contributed by atoms with Crippen molar-refractivity contribution in [2.75, 3.05) is 14.2 Å². The lowest BCUT2D eigenvalue weighted by molar-refractivity contribution is 0.0730. The molecular formula is C25H24ClNO6S. The number of benzene rings is 3. The second-order valence-electron chi connectivity index (χ2n) is 7.84. The summed E-state index contributed by atoms with van der Waals surface area (Å²) >= 11 is 6.25. The van der Waals surface area contributed by atoms with Crippen LogP contribution in [0.3, 0.4) is 0 Å². The predicted molar refractivity (Wildman–Crippen MR) is 128 cm³/mol. The van der Waals surface area contributed by atoms with Crippen LogP contribution >= 0.6 is 11.6 Å². The largest absolute Gasteiger partial charge is 0.497 e. The number of carbonyl (C=O) groups excluding carboxylic acids is 1. The number of carbonyl (C=O) groups is 1. The van der Waals surface area contributed by atoms with Gasteiger partial charge in [-0.25, -0.2) is 0 Å². The molecule has 0 saturated heterocycles. The van der Waals surface area contributed by atoms with E-state index in [4.69, 9.17) is 25.3 Å². The Morgan fingerprint density at radius 3 is 2.29 bits per heavy atom. The maximum Gasteiger partial charge on any atom is 0.339 e. The Kier molecular flexibility index (Phi) is 7.00. The van der Waals surface area contributed by atoms with Crippen LogP contribution in [0.15, 0.2) is 71.6 Å². The average molecular weight is 502 g/mol. The van der Waals surface area contributed by atoms with Crippen molar-refractivity contribution < 1.29 is 26.9 Å². The second kappa shape index (κ2) is 9.95. The Balaban J connectivity index is 1.60. The van der Waals surface area contributed by atoms with Crippen LogP contribution < -0.4 is 13.7 Å². The van der Waals surface area contributed by atoms with Gasteiger partial charge < -0.3 is 18.6 Å². The Morgan fingerprint density at radius 1 is 0.971 bits per heavy atom. The third-order valence-electron chi connectivity index (χ3n) is 5.48. The molecule has 3 aromatic rings. The molecule has 0 radical (unpaired) electrons. The van der Waals surface area contributed by atoms with Crippen molar-refractivity contribution >= 4 is 27.6 Å². The molecule has 1 fully saturated rings. The third kappa shape index (κ3) is 5.29. The summed E-state index contributed by atoms with van der Waals surface area (Å²) in [6, 6.07) is 17.9. The zero-order valence-electron chi connectivity index (χ0n) is 18.7. The van der Waals surface area contributed by atoms with Gasteiger partial charge in [0.05, 0.1) is 24.8 Å². The highest BCUT2D eigenvalue weighted by molar-refractivity contribution is 7.87. The van der Waals surface area contributed by atoms with E-state index in [9.17, 15) is 13.2 Å². The van der Waals surface area contributed by atoms with E-state index in [0.717, 1.165) is 12.8 Å². The van der Waals surface area contributed by atoms with Gasteiger partial charge in [-0.05, 0) is 66.9 Å². The standard InChI is InChI=1S/C25H24ClNO6S/c1-31-19-10-12-20(13-11-19)34(29,30)33-24-15-17(7-14-23(24)32-2)16-27(18-8-9-18)25(28)21-5-3-4-6-22(21)26/h3-7,10-15,18H,8-9,16H2,1-2H3. The maximum atomic E-state index is 13.2. The van der Waals surface area contributed by atoms with E-state index in [1.165, 1.54) is 38.5 Å². The molecule has 4 rings (SSSR count). The molecule has 0 bridgehead atoms. The van der Waals surface area contributed by atoms with E-state index in [0.29, 0.717) is 21.9 Å². The van der Waals surface area contributed by atoms with Crippen molar-refractivity contribution in [1.82, 2.24) is 4.90 Å². The number of halogens is 1. The van der Waals surface area contributed by atoms with Crippen LogP contribution in [0.2, 0.25) is 5.02 Å². The Hall–Kier alpha value is -3.23. The van der Waals surface area contributed by atoms with Crippen LogP contribution in [-0.2, 0) is 16.7 Å². The van der Waals surface area contributed by atoms with Gasteiger partial charge in [-0.3, -0.25) is 4.79 Å². The molecule has 0 spiro atoms. The first-order valence-corrected chi connectivity index (χ1v) is 12.4. The van der Waals surface area contributed by atoms with E-state index < -0.39 is 10.1 Å². The van der Waals surface area contributed by atoms with Gasteiger partial charge >= 0.3 is 10.1 Å². The van der Waals surface area contributed by atoms with Gasteiger partial charge in [-0.2, -0.15) is 8.42 Å². The maximum absolute atomic E-state index is 13.2. The summed E-state index contributed by atoms with van der Waals surface area (Å²) in [6.07, 6.45) is 1.81. The molecule has 1 saturated carbocycles. The Labute approximate surface area is 203 Å². The van der Waals surface area contributed by atoms with Crippen molar-refractivity contribution in [3.8, 4) is 17.2 Å². The molecule has 7 nitrogen and oxygen atoms in total. The van der Waals surface area contributed by atoms with Gasteiger partial charge in [0.2, 0.25) is 0 Å². The van der Waals surface area contributed by atoms with Crippen LogP contribution in [-0.4, -0.2) is 39.5 Å². The van der Waals surface area contributed by atoms with Gasteiger partial charge in [-0.1, -0.05) is 29.8 Å². The number of rotatable bonds is 9. The van der Waals surface area contributed by atoms with Gasteiger partial charge in [-0.15, -0.1) is 0 Å². The highest BCUT2D eigenvalue weighted by Gasteiger charge is 2.34. The van der Waals surface area contributed by atoms with E-state index in [-0.39, 0.29) is 34.9 Å². The summed E-state index contributed by atoms with van der Waals surface area (Å²) in [7, 11) is -1.19. The average Bonchev–Trinajstić information content (AvgIpc) is 3.68. The molecule has 1 aliphatic rings. The molecule has 0 heterocycles. The lowest BCUT2D eigenvalue weighted by Gasteiger charge is -2.23.